The van der Waals surface area contributed by atoms with Crippen molar-refractivity contribution < 1.29 is 0 Å². The van der Waals surface area contributed by atoms with Crippen molar-refractivity contribution >= 4 is 40.0 Å². The minimum atomic E-state index is -0.179. The van der Waals surface area contributed by atoms with Gasteiger partial charge in [-0.15, -0.1) is 11.8 Å². The van der Waals surface area contributed by atoms with Gasteiger partial charge in [-0.3, -0.25) is 10.4 Å². The number of thioether (sulfide) groups is 2. The van der Waals surface area contributed by atoms with Gasteiger partial charge in [-0.1, -0.05) is 170 Å². The molecule has 0 amide bonds. The van der Waals surface area contributed by atoms with Gasteiger partial charge < -0.3 is 22.1 Å². The third-order valence-corrected chi connectivity index (χ3v) is 13.7. The maximum Gasteiger partial charge on any atom is 0.133 e. The summed E-state index contributed by atoms with van der Waals surface area (Å²) in [6, 6.07) is 39.4. The Hall–Kier alpha value is -5.22. The number of nitrogens with zero attached hydrogens (tertiary/aromatic N) is 1. The number of allylic oxidation sites excluding steroid dienone is 10. The molecule has 4 aromatic carbocycles. The molecule has 8 rings (SSSR count). The molecular formula is C51H52N6S2. The van der Waals surface area contributed by atoms with Crippen molar-refractivity contribution in [1.82, 2.24) is 10.6 Å². The first-order chi connectivity index (χ1) is 28.9. The van der Waals surface area contributed by atoms with E-state index in [2.05, 4.69) is 126 Å². The average Bonchev–Trinajstić information content (AvgIpc) is 3.31. The van der Waals surface area contributed by atoms with Crippen LogP contribution in [0.3, 0.4) is 0 Å². The van der Waals surface area contributed by atoms with Gasteiger partial charge in [0.1, 0.15) is 5.84 Å². The van der Waals surface area contributed by atoms with Gasteiger partial charge in [0.25, 0.3) is 0 Å². The van der Waals surface area contributed by atoms with Crippen molar-refractivity contribution in [2.45, 2.75) is 54.3 Å². The summed E-state index contributed by atoms with van der Waals surface area (Å²) in [7, 11) is 1.96. The molecule has 0 fully saturated rings. The first kappa shape index (κ1) is 40.6. The first-order valence-electron chi connectivity index (χ1n) is 20.5. The number of aliphatic imine (C=N–C) groups is 1. The van der Waals surface area contributed by atoms with E-state index in [0.717, 1.165) is 60.2 Å². The summed E-state index contributed by atoms with van der Waals surface area (Å²) in [5.74, 6) is 1.03. The maximum atomic E-state index is 8.76. The highest BCUT2D eigenvalue weighted by molar-refractivity contribution is 8.14. The van der Waals surface area contributed by atoms with E-state index >= 15 is 0 Å². The Labute approximate surface area is 357 Å². The quantitative estimate of drug-likeness (QED) is 0.0522. The summed E-state index contributed by atoms with van der Waals surface area (Å²) in [6.45, 7) is 0. The molecule has 0 bridgehead atoms. The summed E-state index contributed by atoms with van der Waals surface area (Å²) in [6.07, 6.45) is 23.1. The van der Waals surface area contributed by atoms with E-state index in [-0.39, 0.29) is 28.1 Å². The highest BCUT2D eigenvalue weighted by Gasteiger charge is 2.29. The van der Waals surface area contributed by atoms with Crippen LogP contribution in [-0.2, 0) is 0 Å². The van der Waals surface area contributed by atoms with Gasteiger partial charge in [-0.25, -0.2) is 0 Å². The van der Waals surface area contributed by atoms with Crippen molar-refractivity contribution in [2.75, 3.05) is 7.05 Å². The number of hydrogen-bond donors (Lipinski definition) is 5. The Balaban J connectivity index is 1.10. The van der Waals surface area contributed by atoms with E-state index in [1.807, 2.05) is 55.6 Å². The lowest BCUT2D eigenvalue weighted by atomic mass is 9.79. The topological polar surface area (TPSA) is 112 Å². The lowest BCUT2D eigenvalue weighted by Crippen LogP contribution is -2.34. The molecule has 5 atom stereocenters. The van der Waals surface area contributed by atoms with Crippen LogP contribution in [0, 0.1) is 11.3 Å². The molecule has 4 aliphatic rings. The van der Waals surface area contributed by atoms with Gasteiger partial charge in [-0.05, 0) is 89.8 Å². The van der Waals surface area contributed by atoms with Crippen LogP contribution >= 0.6 is 23.5 Å². The van der Waals surface area contributed by atoms with Gasteiger partial charge in [0.15, 0.2) is 0 Å². The molecule has 4 aromatic rings. The SMILES string of the molecule is CNC(SC(=N)c1ccccc1)c1ccc(C2=CC(C3=CC(C4=CC=CCC4)N=C(c4ccccc4)N3)CC(C3=CC=C(C(N)SC(N)c4ccccc4)CC3)=C2)cc1. The Bertz CT molecular complexity index is 2370. The lowest BCUT2D eigenvalue weighted by molar-refractivity contribution is 0.674. The third-order valence-electron chi connectivity index (χ3n) is 11.4. The smallest absolute Gasteiger partial charge is 0.133 e. The number of benzene rings is 4. The lowest BCUT2D eigenvalue weighted by Gasteiger charge is -2.32. The standard InChI is InChI=1S/C51H52N6S2/c1-55-51(59-49(54)38-18-10-4-11-19-38)41-28-24-35(25-29-41)43-30-42(34-22-26-39(27-23-34)48(53)58-47(52)37-16-8-3-9-17-37)31-44(32-43)46-33-45(36-14-6-2-7-15-36)56-50(57-46)40-20-12-5-13-21-40/h2-6,8-14,16-22,24-26,28-30,32-33,44-45,47-48,51,54-55H,7,15,23,27,31,52-53H2,1H3,(H,56,57). The number of rotatable bonds is 13. The molecule has 0 aromatic heterocycles. The number of nitrogens with two attached hydrogens (primary N) is 2. The van der Waals surface area contributed by atoms with Crippen molar-refractivity contribution in [2.24, 2.45) is 22.4 Å². The van der Waals surface area contributed by atoms with Crippen LogP contribution in [0.5, 0.6) is 0 Å². The van der Waals surface area contributed by atoms with Crippen LogP contribution < -0.4 is 22.1 Å². The van der Waals surface area contributed by atoms with Crippen LogP contribution in [-0.4, -0.2) is 29.3 Å². The van der Waals surface area contributed by atoms with E-state index in [1.54, 1.807) is 11.8 Å². The Kier molecular flexibility index (Phi) is 13.2. The van der Waals surface area contributed by atoms with Gasteiger partial charge in [0, 0.05) is 22.7 Å². The summed E-state index contributed by atoms with van der Waals surface area (Å²) in [5.41, 5.74) is 26.4. The normalized spacial score (nSPS) is 20.6. The van der Waals surface area contributed by atoms with Gasteiger partial charge in [0.05, 0.1) is 27.2 Å². The zero-order chi connectivity index (χ0) is 40.6. The van der Waals surface area contributed by atoms with Crippen molar-refractivity contribution in [3.05, 3.63) is 220 Å². The highest BCUT2D eigenvalue weighted by atomic mass is 32.2. The highest BCUT2D eigenvalue weighted by Crippen LogP contribution is 2.41. The van der Waals surface area contributed by atoms with E-state index < -0.39 is 0 Å². The van der Waals surface area contributed by atoms with Gasteiger partial charge >= 0.3 is 0 Å². The summed E-state index contributed by atoms with van der Waals surface area (Å²) >= 11 is 3.13. The van der Waals surface area contributed by atoms with Gasteiger partial charge in [0.2, 0.25) is 0 Å². The van der Waals surface area contributed by atoms with Crippen LogP contribution in [0.1, 0.15) is 70.7 Å². The molecule has 5 unspecified atom stereocenters. The second-order valence-corrected chi connectivity index (χ2v) is 17.7. The predicted octanol–water partition coefficient (Wildman–Crippen LogP) is 10.9. The molecule has 0 saturated carbocycles. The summed E-state index contributed by atoms with van der Waals surface area (Å²) in [4.78, 5) is 5.27. The molecule has 0 spiro atoms. The molecular weight excluding hydrogens is 761 g/mol. The van der Waals surface area contributed by atoms with Crippen LogP contribution in [0.25, 0.3) is 5.57 Å². The second kappa shape index (κ2) is 19.2. The molecule has 59 heavy (non-hydrogen) atoms. The molecule has 0 saturated heterocycles. The molecule has 0 radical (unpaired) electrons. The fourth-order valence-electron chi connectivity index (χ4n) is 8.03. The van der Waals surface area contributed by atoms with E-state index in [1.165, 1.54) is 50.9 Å². The van der Waals surface area contributed by atoms with Crippen molar-refractivity contribution in [1.29, 1.82) is 5.41 Å². The van der Waals surface area contributed by atoms with E-state index in [9.17, 15) is 0 Å². The molecule has 8 heteroatoms. The van der Waals surface area contributed by atoms with Crippen molar-refractivity contribution in [3.8, 4) is 0 Å². The monoisotopic (exact) mass is 812 g/mol. The molecule has 1 aliphatic heterocycles. The molecule has 7 N–H and O–H groups in total. The third kappa shape index (κ3) is 9.98. The first-order valence-corrected chi connectivity index (χ1v) is 22.3. The van der Waals surface area contributed by atoms with E-state index in [4.69, 9.17) is 21.9 Å². The largest absolute Gasteiger partial charge is 0.343 e. The van der Waals surface area contributed by atoms with Crippen LogP contribution in [0.15, 0.2) is 197 Å². The minimum absolute atomic E-state index is 0.0249. The van der Waals surface area contributed by atoms with Gasteiger partial charge in [-0.2, -0.15) is 0 Å². The minimum Gasteiger partial charge on any atom is -0.343 e. The Morgan fingerprint density at radius 2 is 1.49 bits per heavy atom. The fraction of sp³-hybridized carbons (Fsp3) is 0.216. The Morgan fingerprint density at radius 3 is 2.17 bits per heavy atom. The zero-order valence-corrected chi connectivity index (χ0v) is 35.1. The van der Waals surface area contributed by atoms with Crippen LogP contribution in [0.2, 0.25) is 0 Å². The zero-order valence-electron chi connectivity index (χ0n) is 33.4. The van der Waals surface area contributed by atoms with Crippen molar-refractivity contribution in [3.63, 3.8) is 0 Å². The van der Waals surface area contributed by atoms with Crippen LogP contribution in [0.4, 0.5) is 0 Å². The molecule has 298 valence electrons. The summed E-state index contributed by atoms with van der Waals surface area (Å²) in [5, 5.41) is 16.1. The number of amidine groups is 1. The fourth-order valence-corrected chi connectivity index (χ4v) is 9.95. The molecule has 6 nitrogen and oxygen atoms in total. The molecule has 3 aliphatic carbocycles. The predicted molar refractivity (Wildman–Crippen MR) is 252 cm³/mol. The maximum absolute atomic E-state index is 8.76. The Morgan fingerprint density at radius 1 is 0.763 bits per heavy atom. The number of hydrogen-bond acceptors (Lipinski definition) is 8. The molecule has 1 heterocycles. The average molecular weight is 813 g/mol. The number of nitrogens with one attached hydrogen (secondary N) is 3. The van der Waals surface area contributed by atoms with E-state index in [0.29, 0.717) is 5.04 Å². The summed E-state index contributed by atoms with van der Waals surface area (Å²) < 4.78 is 0. The second-order valence-electron chi connectivity index (χ2n) is 15.3.